The van der Waals surface area contributed by atoms with Crippen molar-refractivity contribution in [3.05, 3.63) is 35.1 Å². The van der Waals surface area contributed by atoms with Crippen molar-refractivity contribution in [2.45, 2.75) is 24.9 Å². The Morgan fingerprint density at radius 3 is 3.00 bits per heavy atom. The van der Waals surface area contributed by atoms with Gasteiger partial charge < -0.3 is 10.6 Å². The lowest BCUT2D eigenvalue weighted by molar-refractivity contribution is 0.0559. The van der Waals surface area contributed by atoms with Crippen LogP contribution in [0.15, 0.2) is 18.2 Å². The molecule has 19 heavy (non-hydrogen) atoms. The highest BCUT2D eigenvalue weighted by Crippen LogP contribution is 2.38. The van der Waals surface area contributed by atoms with Gasteiger partial charge in [0, 0.05) is 38.3 Å². The van der Waals surface area contributed by atoms with Crippen LogP contribution in [-0.4, -0.2) is 49.1 Å². The molecule has 3 nitrogen and oxygen atoms in total. The van der Waals surface area contributed by atoms with Crippen LogP contribution in [0, 0.1) is 5.82 Å². The summed E-state index contributed by atoms with van der Waals surface area (Å²) in [5.74, 6) is -0.0431. The van der Waals surface area contributed by atoms with Crippen LogP contribution >= 0.6 is 0 Å². The van der Waals surface area contributed by atoms with Crippen molar-refractivity contribution < 1.29 is 4.39 Å². The molecule has 104 valence electrons. The molecular formula is C15H22FN3. The van der Waals surface area contributed by atoms with Gasteiger partial charge in [0.2, 0.25) is 0 Å². The number of piperazine rings is 1. The van der Waals surface area contributed by atoms with Gasteiger partial charge in [0.1, 0.15) is 5.82 Å². The SMILES string of the molecule is CN1CCN(C2CCc3c(F)cccc32)C(CN)C1. The zero-order valence-electron chi connectivity index (χ0n) is 11.5. The van der Waals surface area contributed by atoms with Crippen LogP contribution in [0.3, 0.4) is 0 Å². The van der Waals surface area contributed by atoms with E-state index in [1.807, 2.05) is 6.07 Å². The van der Waals surface area contributed by atoms with Crippen LogP contribution in [0.1, 0.15) is 23.6 Å². The van der Waals surface area contributed by atoms with E-state index in [4.69, 9.17) is 5.73 Å². The van der Waals surface area contributed by atoms with E-state index in [1.165, 1.54) is 5.56 Å². The zero-order chi connectivity index (χ0) is 13.4. The van der Waals surface area contributed by atoms with Gasteiger partial charge in [-0.15, -0.1) is 0 Å². The topological polar surface area (TPSA) is 32.5 Å². The molecule has 0 saturated carbocycles. The molecule has 1 heterocycles. The molecule has 0 aromatic heterocycles. The Bertz CT molecular complexity index is 463. The first kappa shape index (κ1) is 13.0. The van der Waals surface area contributed by atoms with Crippen molar-refractivity contribution in [1.29, 1.82) is 0 Å². The molecule has 0 spiro atoms. The Kier molecular flexibility index (Phi) is 3.56. The summed E-state index contributed by atoms with van der Waals surface area (Å²) in [4.78, 5) is 4.82. The van der Waals surface area contributed by atoms with Crippen LogP contribution in [-0.2, 0) is 6.42 Å². The number of hydrogen-bond acceptors (Lipinski definition) is 3. The van der Waals surface area contributed by atoms with Crippen LogP contribution in [0.5, 0.6) is 0 Å². The molecule has 1 saturated heterocycles. The van der Waals surface area contributed by atoms with Gasteiger partial charge in [-0.2, -0.15) is 0 Å². The fourth-order valence-electron chi connectivity index (χ4n) is 3.58. The van der Waals surface area contributed by atoms with Gasteiger partial charge in [-0.25, -0.2) is 4.39 Å². The van der Waals surface area contributed by atoms with Crippen LogP contribution in [0.4, 0.5) is 4.39 Å². The van der Waals surface area contributed by atoms with Crippen molar-refractivity contribution in [3.8, 4) is 0 Å². The highest BCUT2D eigenvalue weighted by atomic mass is 19.1. The van der Waals surface area contributed by atoms with E-state index >= 15 is 0 Å². The summed E-state index contributed by atoms with van der Waals surface area (Å²) in [6, 6.07) is 6.24. The largest absolute Gasteiger partial charge is 0.329 e. The summed E-state index contributed by atoms with van der Waals surface area (Å²) in [5, 5.41) is 0. The maximum absolute atomic E-state index is 13.8. The molecule has 1 aliphatic heterocycles. The third-order valence-electron chi connectivity index (χ3n) is 4.59. The maximum atomic E-state index is 13.8. The van der Waals surface area contributed by atoms with E-state index in [-0.39, 0.29) is 5.82 Å². The van der Waals surface area contributed by atoms with Crippen molar-refractivity contribution in [2.75, 3.05) is 33.2 Å². The highest BCUT2D eigenvalue weighted by molar-refractivity contribution is 5.36. The van der Waals surface area contributed by atoms with Crippen molar-refractivity contribution in [3.63, 3.8) is 0 Å². The molecule has 4 heteroatoms. The number of benzene rings is 1. The normalized spacial score (nSPS) is 28.6. The van der Waals surface area contributed by atoms with Crippen molar-refractivity contribution in [1.82, 2.24) is 9.80 Å². The molecule has 2 N–H and O–H groups in total. The maximum Gasteiger partial charge on any atom is 0.126 e. The molecule has 2 aliphatic rings. The fourth-order valence-corrected chi connectivity index (χ4v) is 3.58. The van der Waals surface area contributed by atoms with E-state index in [2.05, 4.69) is 22.9 Å². The second-order valence-electron chi connectivity index (χ2n) is 5.75. The molecule has 0 radical (unpaired) electrons. The minimum Gasteiger partial charge on any atom is -0.329 e. The number of likely N-dealkylation sites (N-methyl/N-ethyl adjacent to an activating group) is 1. The van der Waals surface area contributed by atoms with E-state index < -0.39 is 0 Å². The summed E-state index contributed by atoms with van der Waals surface area (Å²) in [5.41, 5.74) is 8.03. The summed E-state index contributed by atoms with van der Waals surface area (Å²) in [7, 11) is 2.14. The predicted octanol–water partition coefficient (Wildman–Crippen LogP) is 1.39. The van der Waals surface area contributed by atoms with E-state index in [9.17, 15) is 4.39 Å². The van der Waals surface area contributed by atoms with Gasteiger partial charge in [-0.1, -0.05) is 12.1 Å². The zero-order valence-corrected chi connectivity index (χ0v) is 11.5. The van der Waals surface area contributed by atoms with Crippen LogP contribution in [0.2, 0.25) is 0 Å². The van der Waals surface area contributed by atoms with Gasteiger partial charge in [0.15, 0.2) is 0 Å². The number of nitrogens with two attached hydrogens (primary N) is 1. The van der Waals surface area contributed by atoms with Crippen molar-refractivity contribution in [2.24, 2.45) is 5.73 Å². The first-order valence-corrected chi connectivity index (χ1v) is 7.12. The van der Waals surface area contributed by atoms with Crippen molar-refractivity contribution >= 4 is 0 Å². The van der Waals surface area contributed by atoms with Crippen LogP contribution in [0.25, 0.3) is 0 Å². The molecule has 3 rings (SSSR count). The minimum absolute atomic E-state index is 0.0431. The van der Waals surface area contributed by atoms with Crippen LogP contribution < -0.4 is 5.73 Å². The van der Waals surface area contributed by atoms with E-state index in [0.717, 1.165) is 38.0 Å². The second kappa shape index (κ2) is 5.19. The second-order valence-corrected chi connectivity index (χ2v) is 5.75. The molecule has 0 amide bonds. The Balaban J connectivity index is 1.86. The third kappa shape index (κ3) is 2.29. The summed E-state index contributed by atoms with van der Waals surface area (Å²) in [6.45, 7) is 3.78. The minimum atomic E-state index is -0.0431. The fraction of sp³-hybridized carbons (Fsp3) is 0.600. The third-order valence-corrected chi connectivity index (χ3v) is 4.59. The lowest BCUT2D eigenvalue weighted by atomic mass is 10.0. The average Bonchev–Trinajstić information content (AvgIpc) is 2.84. The molecule has 2 unspecified atom stereocenters. The number of hydrogen-bond donors (Lipinski definition) is 1. The summed E-state index contributed by atoms with van der Waals surface area (Å²) < 4.78 is 13.8. The average molecular weight is 263 g/mol. The van der Waals surface area contributed by atoms with Gasteiger partial charge in [0.05, 0.1) is 0 Å². The van der Waals surface area contributed by atoms with Gasteiger partial charge in [0.25, 0.3) is 0 Å². The quantitative estimate of drug-likeness (QED) is 0.875. The smallest absolute Gasteiger partial charge is 0.126 e. The van der Waals surface area contributed by atoms with E-state index in [1.54, 1.807) is 6.07 Å². The van der Waals surface area contributed by atoms with Gasteiger partial charge in [-0.05, 0) is 37.1 Å². The summed E-state index contributed by atoms with van der Waals surface area (Å²) in [6.07, 6.45) is 1.88. The Hall–Kier alpha value is -0.970. The lowest BCUT2D eigenvalue weighted by Gasteiger charge is -2.43. The number of halogens is 1. The lowest BCUT2D eigenvalue weighted by Crippen LogP contribution is -2.55. The number of nitrogens with zero attached hydrogens (tertiary/aromatic N) is 2. The molecule has 0 bridgehead atoms. The Morgan fingerprint density at radius 2 is 2.21 bits per heavy atom. The number of fused-ring (bicyclic) bond motifs is 1. The molecule has 1 fully saturated rings. The van der Waals surface area contributed by atoms with Gasteiger partial charge in [-0.3, -0.25) is 4.90 Å². The first-order valence-electron chi connectivity index (χ1n) is 7.12. The number of rotatable bonds is 2. The van der Waals surface area contributed by atoms with Gasteiger partial charge >= 0.3 is 0 Å². The Labute approximate surface area is 114 Å². The molecule has 1 aliphatic carbocycles. The molecule has 2 atom stereocenters. The monoisotopic (exact) mass is 263 g/mol. The molecule has 1 aromatic carbocycles. The molecular weight excluding hydrogens is 241 g/mol. The standard InChI is InChI=1S/C15H22FN3/c1-18-7-8-19(11(9-17)10-18)15-6-5-12-13(15)3-2-4-14(12)16/h2-4,11,15H,5-10,17H2,1H3. The highest BCUT2D eigenvalue weighted by Gasteiger charge is 2.35. The first-order chi connectivity index (χ1) is 9.20. The Morgan fingerprint density at radius 1 is 1.37 bits per heavy atom. The molecule has 1 aromatic rings. The van der Waals surface area contributed by atoms with E-state index in [0.29, 0.717) is 18.6 Å². The predicted molar refractivity (Wildman–Crippen MR) is 74.5 cm³/mol. The summed E-state index contributed by atoms with van der Waals surface area (Å²) >= 11 is 0.